The molecule has 0 N–H and O–H groups in total. The summed E-state index contributed by atoms with van der Waals surface area (Å²) in [6.07, 6.45) is 8.07. The summed E-state index contributed by atoms with van der Waals surface area (Å²) in [7, 11) is 0. The molecular weight excluding hydrogens is 150 g/mol. The molecule has 0 saturated heterocycles. The van der Waals surface area contributed by atoms with E-state index in [9.17, 15) is 0 Å². The number of rotatable bonds is 2. The first-order valence-electron chi connectivity index (χ1n) is 4.30. The van der Waals surface area contributed by atoms with Gasteiger partial charge in [0.25, 0.3) is 0 Å². The minimum Gasteiger partial charge on any atom is -0.269 e. The Morgan fingerprint density at radius 2 is 2.50 bits per heavy atom. The Morgan fingerprint density at radius 3 is 3.08 bits per heavy atom. The molecule has 1 saturated carbocycles. The molecule has 0 bridgehead atoms. The van der Waals surface area contributed by atoms with Crippen LogP contribution in [0, 0.1) is 11.3 Å². The smallest absolute Gasteiger partial charge is 0.0670 e. The summed E-state index contributed by atoms with van der Waals surface area (Å²) >= 11 is 0. The SMILES string of the molecule is N#CCc1cnn(C2CCC2)c1. The zero-order chi connectivity index (χ0) is 8.39. The predicted molar refractivity (Wildman–Crippen MR) is 44.4 cm³/mol. The van der Waals surface area contributed by atoms with Crippen LogP contribution < -0.4 is 0 Å². The van der Waals surface area contributed by atoms with E-state index in [0.29, 0.717) is 12.5 Å². The average Bonchev–Trinajstić information content (AvgIpc) is 2.34. The van der Waals surface area contributed by atoms with E-state index in [1.54, 1.807) is 6.20 Å². The van der Waals surface area contributed by atoms with Gasteiger partial charge in [0.15, 0.2) is 0 Å². The lowest BCUT2D eigenvalue weighted by Crippen LogP contribution is -2.17. The van der Waals surface area contributed by atoms with Crippen LogP contribution in [-0.4, -0.2) is 9.78 Å². The van der Waals surface area contributed by atoms with E-state index in [-0.39, 0.29) is 0 Å². The van der Waals surface area contributed by atoms with Crippen LogP contribution in [0.25, 0.3) is 0 Å². The Kier molecular flexibility index (Phi) is 1.83. The van der Waals surface area contributed by atoms with Crippen LogP contribution >= 0.6 is 0 Å². The lowest BCUT2D eigenvalue weighted by molar-refractivity contribution is 0.289. The van der Waals surface area contributed by atoms with Crippen LogP contribution in [0.3, 0.4) is 0 Å². The summed E-state index contributed by atoms with van der Waals surface area (Å²) in [6.45, 7) is 0. The van der Waals surface area contributed by atoms with Gasteiger partial charge in [-0.25, -0.2) is 0 Å². The molecule has 3 nitrogen and oxygen atoms in total. The fourth-order valence-electron chi connectivity index (χ4n) is 1.41. The lowest BCUT2D eigenvalue weighted by Gasteiger charge is -2.25. The van der Waals surface area contributed by atoms with E-state index in [0.717, 1.165) is 5.56 Å². The standard InChI is InChI=1S/C9H11N3/c10-5-4-8-6-11-12(7-8)9-2-1-3-9/h6-7,9H,1-4H2. The van der Waals surface area contributed by atoms with Gasteiger partial charge < -0.3 is 0 Å². The van der Waals surface area contributed by atoms with E-state index in [1.807, 2.05) is 10.9 Å². The van der Waals surface area contributed by atoms with Gasteiger partial charge in [0, 0.05) is 11.8 Å². The van der Waals surface area contributed by atoms with Gasteiger partial charge in [-0.2, -0.15) is 10.4 Å². The Hall–Kier alpha value is -1.30. The van der Waals surface area contributed by atoms with Gasteiger partial charge in [-0.15, -0.1) is 0 Å². The zero-order valence-electron chi connectivity index (χ0n) is 6.90. The summed E-state index contributed by atoms with van der Waals surface area (Å²) < 4.78 is 2.00. The molecule has 1 heterocycles. The van der Waals surface area contributed by atoms with Crippen molar-refractivity contribution in [3.63, 3.8) is 0 Å². The molecule has 0 spiro atoms. The quantitative estimate of drug-likeness (QED) is 0.662. The molecule has 0 aromatic carbocycles. The van der Waals surface area contributed by atoms with Crippen molar-refractivity contribution in [2.24, 2.45) is 0 Å². The maximum Gasteiger partial charge on any atom is 0.0670 e. The van der Waals surface area contributed by atoms with E-state index < -0.39 is 0 Å². The number of hydrogen-bond acceptors (Lipinski definition) is 2. The molecule has 1 aromatic heterocycles. The molecule has 0 unspecified atom stereocenters. The van der Waals surface area contributed by atoms with Crippen LogP contribution in [-0.2, 0) is 6.42 Å². The minimum absolute atomic E-state index is 0.479. The molecule has 1 aliphatic carbocycles. The molecule has 3 heteroatoms. The number of hydrogen-bond donors (Lipinski definition) is 0. The van der Waals surface area contributed by atoms with Crippen molar-refractivity contribution in [1.82, 2.24) is 9.78 Å². The van der Waals surface area contributed by atoms with Crippen molar-refractivity contribution in [3.05, 3.63) is 18.0 Å². The highest BCUT2D eigenvalue weighted by Crippen LogP contribution is 2.30. The Labute approximate surface area is 71.6 Å². The molecule has 0 amide bonds. The monoisotopic (exact) mass is 161 g/mol. The summed E-state index contributed by atoms with van der Waals surface area (Å²) in [4.78, 5) is 0. The van der Waals surface area contributed by atoms with Gasteiger partial charge >= 0.3 is 0 Å². The van der Waals surface area contributed by atoms with Crippen LogP contribution in [0.5, 0.6) is 0 Å². The molecule has 0 atom stereocenters. The van der Waals surface area contributed by atoms with E-state index >= 15 is 0 Å². The first-order valence-corrected chi connectivity index (χ1v) is 4.30. The highest BCUT2D eigenvalue weighted by molar-refractivity contribution is 5.10. The molecule has 1 aromatic rings. The number of aromatic nitrogens is 2. The van der Waals surface area contributed by atoms with E-state index in [2.05, 4.69) is 11.2 Å². The third kappa shape index (κ3) is 1.20. The van der Waals surface area contributed by atoms with Gasteiger partial charge in [-0.05, 0) is 19.3 Å². The Bertz CT molecular complexity index is 304. The maximum absolute atomic E-state index is 8.45. The minimum atomic E-state index is 0.479. The normalized spacial score (nSPS) is 16.9. The molecule has 0 radical (unpaired) electrons. The van der Waals surface area contributed by atoms with Gasteiger partial charge in [0.1, 0.15) is 0 Å². The van der Waals surface area contributed by atoms with Gasteiger partial charge in [0.2, 0.25) is 0 Å². The lowest BCUT2D eigenvalue weighted by atomic mass is 9.93. The van der Waals surface area contributed by atoms with Crippen molar-refractivity contribution < 1.29 is 0 Å². The molecule has 62 valence electrons. The third-order valence-corrected chi connectivity index (χ3v) is 2.39. The summed E-state index contributed by atoms with van der Waals surface area (Å²) in [5.41, 5.74) is 1.03. The van der Waals surface area contributed by atoms with Gasteiger partial charge in [-0.3, -0.25) is 4.68 Å². The largest absolute Gasteiger partial charge is 0.269 e. The van der Waals surface area contributed by atoms with Gasteiger partial charge in [0.05, 0.1) is 24.7 Å². The Balaban J connectivity index is 2.08. The van der Waals surface area contributed by atoms with Crippen LogP contribution in [0.1, 0.15) is 30.9 Å². The predicted octanol–water partition coefficient (Wildman–Crippen LogP) is 1.67. The maximum atomic E-state index is 8.45. The first kappa shape index (κ1) is 7.35. The van der Waals surface area contributed by atoms with E-state index in [4.69, 9.17) is 5.26 Å². The van der Waals surface area contributed by atoms with Crippen molar-refractivity contribution >= 4 is 0 Å². The fraction of sp³-hybridized carbons (Fsp3) is 0.556. The first-order chi connectivity index (χ1) is 5.90. The van der Waals surface area contributed by atoms with Crippen LogP contribution in [0.2, 0.25) is 0 Å². The van der Waals surface area contributed by atoms with Gasteiger partial charge in [-0.1, -0.05) is 0 Å². The highest BCUT2D eigenvalue weighted by atomic mass is 15.3. The molecule has 12 heavy (non-hydrogen) atoms. The second-order valence-electron chi connectivity index (χ2n) is 3.25. The molecule has 0 aliphatic heterocycles. The molecule has 1 aliphatic rings. The second-order valence-corrected chi connectivity index (χ2v) is 3.25. The topological polar surface area (TPSA) is 41.6 Å². The highest BCUT2D eigenvalue weighted by Gasteiger charge is 2.19. The number of nitrogens with zero attached hydrogens (tertiary/aromatic N) is 3. The van der Waals surface area contributed by atoms with Crippen molar-refractivity contribution in [1.29, 1.82) is 5.26 Å². The molecule has 2 rings (SSSR count). The van der Waals surface area contributed by atoms with Crippen molar-refractivity contribution in [2.75, 3.05) is 0 Å². The van der Waals surface area contributed by atoms with E-state index in [1.165, 1.54) is 19.3 Å². The fourth-order valence-corrected chi connectivity index (χ4v) is 1.41. The molecule has 1 fully saturated rings. The zero-order valence-corrected chi connectivity index (χ0v) is 6.90. The summed E-state index contributed by atoms with van der Waals surface area (Å²) in [5.74, 6) is 0. The Morgan fingerprint density at radius 1 is 1.67 bits per heavy atom. The second kappa shape index (κ2) is 2.98. The third-order valence-electron chi connectivity index (χ3n) is 2.39. The summed E-state index contributed by atoms with van der Waals surface area (Å²) in [5, 5.41) is 12.7. The van der Waals surface area contributed by atoms with Crippen LogP contribution in [0.4, 0.5) is 0 Å². The van der Waals surface area contributed by atoms with Crippen molar-refractivity contribution in [3.8, 4) is 6.07 Å². The summed E-state index contributed by atoms with van der Waals surface area (Å²) in [6, 6.07) is 2.73. The number of nitriles is 1. The molecular formula is C9H11N3. The van der Waals surface area contributed by atoms with Crippen molar-refractivity contribution in [2.45, 2.75) is 31.7 Å². The average molecular weight is 161 g/mol. The van der Waals surface area contributed by atoms with Crippen LogP contribution in [0.15, 0.2) is 12.4 Å².